The molecule has 1 heterocycles. The van der Waals surface area contributed by atoms with Gasteiger partial charge in [-0.2, -0.15) is 10.5 Å². The number of unbranched alkanes of at least 4 members (excludes halogenated alkanes) is 1. The molecule has 1 fully saturated rings. The number of hydrogen-bond donors (Lipinski definition) is 5. The summed E-state index contributed by atoms with van der Waals surface area (Å²) in [5.74, 6) is -2.38. The molecule has 0 unspecified atom stereocenters. The van der Waals surface area contributed by atoms with Gasteiger partial charge in [0.05, 0.1) is 24.3 Å². The third-order valence-electron chi connectivity index (χ3n) is 5.78. The van der Waals surface area contributed by atoms with Crippen molar-refractivity contribution in [2.24, 2.45) is 0 Å². The third kappa shape index (κ3) is 4.82. The van der Waals surface area contributed by atoms with Crippen LogP contribution in [-0.4, -0.2) is 56.6 Å². The maximum Gasteiger partial charge on any atom is 0.222 e. The molecule has 8 heteroatoms. The smallest absolute Gasteiger partial charge is 0.222 e. The molecule has 2 aromatic carbocycles. The van der Waals surface area contributed by atoms with Crippen LogP contribution in [0, 0.1) is 22.7 Å². The standard InChI is InChI=1S/C24H26N2O6/c25-10-2-1-3-15-4-6-16(7-5-15)11-18-12-19(9-8-17(18)13-26)24(31)23(30)22(29)21(28)20(14-27)32-24/h4-9,12,20-23,27-31H,1-3,11,14H2/t20-,21-,22+,23-,24-/m1/s1. The highest BCUT2D eigenvalue weighted by Gasteiger charge is 2.53. The second-order valence-electron chi connectivity index (χ2n) is 7.95. The summed E-state index contributed by atoms with van der Waals surface area (Å²) < 4.78 is 5.39. The Labute approximate surface area is 186 Å². The normalized spacial score (nSPS) is 27.5. The van der Waals surface area contributed by atoms with E-state index >= 15 is 0 Å². The summed E-state index contributed by atoms with van der Waals surface area (Å²) >= 11 is 0. The van der Waals surface area contributed by atoms with Gasteiger partial charge in [-0.05, 0) is 48.1 Å². The van der Waals surface area contributed by atoms with E-state index in [0.29, 0.717) is 24.0 Å². The molecule has 8 nitrogen and oxygen atoms in total. The number of aliphatic hydroxyl groups excluding tert-OH is 4. The van der Waals surface area contributed by atoms with Crippen molar-refractivity contribution in [1.29, 1.82) is 10.5 Å². The fourth-order valence-corrected chi connectivity index (χ4v) is 3.88. The highest BCUT2D eigenvalue weighted by atomic mass is 16.7. The van der Waals surface area contributed by atoms with Crippen molar-refractivity contribution in [3.05, 3.63) is 70.3 Å². The average Bonchev–Trinajstić information content (AvgIpc) is 2.81. The monoisotopic (exact) mass is 438 g/mol. The lowest BCUT2D eigenvalue weighted by molar-refractivity contribution is -0.357. The van der Waals surface area contributed by atoms with E-state index in [2.05, 4.69) is 12.1 Å². The van der Waals surface area contributed by atoms with Gasteiger partial charge in [0.2, 0.25) is 5.79 Å². The van der Waals surface area contributed by atoms with Gasteiger partial charge >= 0.3 is 0 Å². The molecule has 3 rings (SSSR count). The molecule has 0 radical (unpaired) electrons. The molecule has 0 aliphatic carbocycles. The molecule has 5 N–H and O–H groups in total. The summed E-state index contributed by atoms with van der Waals surface area (Å²) in [6.07, 6.45) is -4.02. The maximum absolute atomic E-state index is 11.0. The Bertz CT molecular complexity index is 1010. The van der Waals surface area contributed by atoms with Crippen LogP contribution in [0.3, 0.4) is 0 Å². The highest BCUT2D eigenvalue weighted by Crippen LogP contribution is 2.37. The van der Waals surface area contributed by atoms with E-state index in [4.69, 9.17) is 10.00 Å². The van der Waals surface area contributed by atoms with Gasteiger partial charge < -0.3 is 30.3 Å². The van der Waals surface area contributed by atoms with Crippen LogP contribution < -0.4 is 0 Å². The van der Waals surface area contributed by atoms with Crippen LogP contribution in [-0.2, 0) is 23.4 Å². The van der Waals surface area contributed by atoms with Gasteiger partial charge in [-0.15, -0.1) is 0 Å². The zero-order valence-corrected chi connectivity index (χ0v) is 17.4. The van der Waals surface area contributed by atoms with Crippen molar-refractivity contribution >= 4 is 0 Å². The summed E-state index contributed by atoms with van der Waals surface area (Å²) in [6.45, 7) is -0.670. The van der Waals surface area contributed by atoms with Crippen LogP contribution in [0.4, 0.5) is 0 Å². The Kier molecular flexibility index (Phi) is 7.60. The number of benzene rings is 2. The van der Waals surface area contributed by atoms with Gasteiger partial charge in [0.15, 0.2) is 0 Å². The van der Waals surface area contributed by atoms with Crippen molar-refractivity contribution < 1.29 is 30.3 Å². The van der Waals surface area contributed by atoms with E-state index < -0.39 is 36.8 Å². The van der Waals surface area contributed by atoms with Crippen molar-refractivity contribution in [3.63, 3.8) is 0 Å². The molecule has 0 spiro atoms. The third-order valence-corrected chi connectivity index (χ3v) is 5.78. The fourth-order valence-electron chi connectivity index (χ4n) is 3.88. The molecule has 0 saturated carbocycles. The van der Waals surface area contributed by atoms with Crippen LogP contribution in [0.25, 0.3) is 0 Å². The first-order chi connectivity index (χ1) is 15.3. The molecule has 2 aromatic rings. The Morgan fingerprint density at radius 1 is 0.969 bits per heavy atom. The van der Waals surface area contributed by atoms with Crippen molar-refractivity contribution in [3.8, 4) is 12.1 Å². The van der Waals surface area contributed by atoms with Crippen LogP contribution in [0.15, 0.2) is 42.5 Å². The van der Waals surface area contributed by atoms with Crippen molar-refractivity contribution in [1.82, 2.24) is 0 Å². The molecular weight excluding hydrogens is 412 g/mol. The van der Waals surface area contributed by atoms with Gasteiger partial charge in [0, 0.05) is 12.0 Å². The predicted molar refractivity (Wildman–Crippen MR) is 113 cm³/mol. The largest absolute Gasteiger partial charge is 0.394 e. The topological polar surface area (TPSA) is 158 Å². The van der Waals surface area contributed by atoms with E-state index in [-0.39, 0.29) is 5.56 Å². The summed E-state index contributed by atoms with van der Waals surface area (Å²) in [5, 5.41) is 69.1. The quantitative estimate of drug-likeness (QED) is 0.394. The summed E-state index contributed by atoms with van der Waals surface area (Å²) in [4.78, 5) is 0. The second kappa shape index (κ2) is 10.2. The first-order valence-corrected chi connectivity index (χ1v) is 10.4. The summed E-state index contributed by atoms with van der Waals surface area (Å²) in [7, 11) is 0. The second-order valence-corrected chi connectivity index (χ2v) is 7.95. The Balaban J connectivity index is 1.87. The van der Waals surface area contributed by atoms with Gasteiger partial charge in [-0.25, -0.2) is 0 Å². The molecular formula is C24H26N2O6. The van der Waals surface area contributed by atoms with Gasteiger partial charge in [-0.3, -0.25) is 0 Å². The van der Waals surface area contributed by atoms with Crippen molar-refractivity contribution in [2.75, 3.05) is 6.61 Å². The first-order valence-electron chi connectivity index (χ1n) is 10.4. The Morgan fingerprint density at radius 3 is 2.28 bits per heavy atom. The van der Waals surface area contributed by atoms with Crippen LogP contribution in [0.5, 0.6) is 0 Å². The van der Waals surface area contributed by atoms with E-state index in [9.17, 15) is 30.8 Å². The zero-order chi connectivity index (χ0) is 23.3. The minimum absolute atomic E-state index is 0.0940. The lowest BCUT2D eigenvalue weighted by Gasteiger charge is -2.45. The predicted octanol–water partition coefficient (Wildman–Crippen LogP) is 0.614. The van der Waals surface area contributed by atoms with Gasteiger partial charge in [0.25, 0.3) is 0 Å². The zero-order valence-electron chi connectivity index (χ0n) is 17.4. The van der Waals surface area contributed by atoms with Gasteiger partial charge in [0.1, 0.15) is 24.4 Å². The summed E-state index contributed by atoms with van der Waals surface area (Å²) in [5.41, 5.74) is 3.07. The molecule has 168 valence electrons. The number of aliphatic hydroxyl groups is 5. The number of aryl methyl sites for hydroxylation is 1. The molecule has 0 amide bonds. The lowest BCUT2D eigenvalue weighted by atomic mass is 9.86. The maximum atomic E-state index is 11.0. The lowest BCUT2D eigenvalue weighted by Crippen LogP contribution is -2.63. The van der Waals surface area contributed by atoms with E-state index in [1.807, 2.05) is 24.3 Å². The minimum Gasteiger partial charge on any atom is -0.394 e. The molecule has 0 aromatic heterocycles. The number of rotatable bonds is 7. The van der Waals surface area contributed by atoms with Gasteiger partial charge in [-0.1, -0.05) is 30.3 Å². The molecule has 0 bridgehead atoms. The number of nitrogens with zero attached hydrogens (tertiary/aromatic N) is 2. The highest BCUT2D eigenvalue weighted by molar-refractivity contribution is 5.44. The van der Waals surface area contributed by atoms with Crippen LogP contribution in [0.1, 0.15) is 40.7 Å². The number of hydrogen-bond acceptors (Lipinski definition) is 8. The Hall–Kier alpha value is -2.82. The molecule has 1 aliphatic heterocycles. The molecule has 32 heavy (non-hydrogen) atoms. The van der Waals surface area contributed by atoms with Crippen LogP contribution in [0.2, 0.25) is 0 Å². The number of nitriles is 2. The van der Waals surface area contributed by atoms with Crippen LogP contribution >= 0.6 is 0 Å². The minimum atomic E-state index is -2.38. The first kappa shape index (κ1) is 23.8. The Morgan fingerprint density at radius 2 is 1.66 bits per heavy atom. The molecule has 1 aliphatic rings. The average molecular weight is 438 g/mol. The van der Waals surface area contributed by atoms with E-state index in [0.717, 1.165) is 24.0 Å². The fraction of sp³-hybridized carbons (Fsp3) is 0.417. The molecule has 5 atom stereocenters. The van der Waals surface area contributed by atoms with Crippen molar-refractivity contribution in [2.45, 2.75) is 55.9 Å². The SMILES string of the molecule is N#CCCCc1ccc(Cc2cc([C@@]3(O)O[C@H](CO)[C@@H](O)[C@H](O)[C@H]3O)ccc2C#N)cc1. The van der Waals surface area contributed by atoms with E-state index in [1.165, 1.54) is 18.2 Å². The summed E-state index contributed by atoms with van der Waals surface area (Å²) in [6, 6.07) is 16.4. The van der Waals surface area contributed by atoms with E-state index in [1.54, 1.807) is 0 Å². The number of ether oxygens (including phenoxy) is 1. The molecule has 1 saturated heterocycles.